The first-order chi connectivity index (χ1) is 3.93. The quantitative estimate of drug-likeness (QED) is 0.514. The lowest BCUT2D eigenvalue weighted by Gasteiger charge is -2.12. The van der Waals surface area contributed by atoms with Crippen molar-refractivity contribution in [3.63, 3.8) is 0 Å². The molecule has 3 heteroatoms. The van der Waals surface area contributed by atoms with Gasteiger partial charge in [0.2, 0.25) is 0 Å². The Morgan fingerprint density at radius 3 is 2.75 bits per heavy atom. The highest BCUT2D eigenvalue weighted by Crippen LogP contribution is 2.22. The van der Waals surface area contributed by atoms with Gasteiger partial charge in [-0.25, -0.2) is 0 Å². The second-order valence-electron chi connectivity index (χ2n) is 1.56. The molecule has 0 aromatic rings. The zero-order chi connectivity index (χ0) is 5.82. The highest BCUT2D eigenvalue weighted by molar-refractivity contribution is 8.06. The summed E-state index contributed by atoms with van der Waals surface area (Å²) >= 11 is 3.67. The van der Waals surface area contributed by atoms with Gasteiger partial charge < -0.3 is 0 Å². The monoisotopic (exact) mass is 145 g/mol. The van der Waals surface area contributed by atoms with Crippen molar-refractivity contribution in [3.05, 3.63) is 0 Å². The van der Waals surface area contributed by atoms with Crippen molar-refractivity contribution in [2.75, 3.05) is 17.3 Å². The van der Waals surface area contributed by atoms with Crippen molar-refractivity contribution < 1.29 is 0 Å². The van der Waals surface area contributed by atoms with Gasteiger partial charge in [-0.1, -0.05) is 0 Å². The molecule has 0 spiro atoms. The van der Waals surface area contributed by atoms with Gasteiger partial charge in [-0.2, -0.15) is 17.0 Å². The first kappa shape index (κ1) is 6.31. The summed E-state index contributed by atoms with van der Waals surface area (Å²) in [6.07, 6.45) is 0. The van der Waals surface area contributed by atoms with Crippen LogP contribution in [0, 0.1) is 11.3 Å². The van der Waals surface area contributed by atoms with Gasteiger partial charge in [0.15, 0.2) is 0 Å². The fraction of sp³-hybridized carbons (Fsp3) is 0.800. The van der Waals surface area contributed by atoms with Crippen LogP contribution < -0.4 is 0 Å². The van der Waals surface area contributed by atoms with E-state index >= 15 is 0 Å². The van der Waals surface area contributed by atoms with Crippen LogP contribution in [-0.2, 0) is 0 Å². The first-order valence-electron chi connectivity index (χ1n) is 2.52. The van der Waals surface area contributed by atoms with Gasteiger partial charge >= 0.3 is 0 Å². The van der Waals surface area contributed by atoms with Crippen LogP contribution >= 0.6 is 23.5 Å². The third-order valence-corrected chi connectivity index (χ3v) is 3.61. The predicted molar refractivity (Wildman–Crippen MR) is 39.2 cm³/mol. The molecule has 0 aliphatic carbocycles. The zero-order valence-electron chi connectivity index (χ0n) is 4.46. The Morgan fingerprint density at radius 1 is 1.50 bits per heavy atom. The van der Waals surface area contributed by atoms with E-state index in [2.05, 4.69) is 6.07 Å². The normalized spacial score (nSPS) is 29.1. The Kier molecular flexibility index (Phi) is 2.57. The van der Waals surface area contributed by atoms with Crippen molar-refractivity contribution in [2.45, 2.75) is 5.25 Å². The van der Waals surface area contributed by atoms with E-state index in [1.54, 1.807) is 11.8 Å². The summed E-state index contributed by atoms with van der Waals surface area (Å²) in [5.41, 5.74) is 0. The lowest BCUT2D eigenvalue weighted by Crippen LogP contribution is -2.10. The van der Waals surface area contributed by atoms with Gasteiger partial charge in [0, 0.05) is 17.3 Å². The fourth-order valence-corrected chi connectivity index (χ4v) is 2.91. The van der Waals surface area contributed by atoms with E-state index < -0.39 is 0 Å². The summed E-state index contributed by atoms with van der Waals surface area (Å²) in [6, 6.07) is 2.25. The van der Waals surface area contributed by atoms with Crippen molar-refractivity contribution in [2.24, 2.45) is 0 Å². The Balaban J connectivity index is 2.25. The summed E-state index contributed by atoms with van der Waals surface area (Å²) in [4.78, 5) is 0. The Hall–Kier alpha value is 0.190. The van der Waals surface area contributed by atoms with E-state index in [1.807, 2.05) is 11.8 Å². The maximum absolute atomic E-state index is 8.41. The second kappa shape index (κ2) is 3.26. The van der Waals surface area contributed by atoms with Crippen LogP contribution in [-0.4, -0.2) is 22.5 Å². The molecule has 0 aromatic carbocycles. The maximum atomic E-state index is 8.41. The van der Waals surface area contributed by atoms with E-state index in [4.69, 9.17) is 5.26 Å². The molecule has 1 saturated heterocycles. The topological polar surface area (TPSA) is 23.8 Å². The summed E-state index contributed by atoms with van der Waals surface area (Å²) in [6.45, 7) is 0. The van der Waals surface area contributed by atoms with Crippen LogP contribution in [0.2, 0.25) is 0 Å². The van der Waals surface area contributed by atoms with Crippen molar-refractivity contribution in [1.29, 1.82) is 5.26 Å². The maximum Gasteiger partial charge on any atom is 0.101 e. The molecule has 0 amide bonds. The van der Waals surface area contributed by atoms with Gasteiger partial charge in [0.25, 0.3) is 0 Å². The van der Waals surface area contributed by atoms with Crippen LogP contribution in [0.1, 0.15) is 0 Å². The zero-order valence-corrected chi connectivity index (χ0v) is 6.10. The third-order valence-electron chi connectivity index (χ3n) is 0.960. The van der Waals surface area contributed by atoms with Gasteiger partial charge in [0.05, 0.1) is 6.07 Å². The highest BCUT2D eigenvalue weighted by atomic mass is 32.2. The molecule has 0 aromatic heterocycles. The molecular formula is C5H7NS2. The number of nitrogens with zero attached hydrogens (tertiary/aromatic N) is 1. The van der Waals surface area contributed by atoms with Crippen LogP contribution in [0.5, 0.6) is 0 Å². The van der Waals surface area contributed by atoms with Gasteiger partial charge in [0.1, 0.15) is 5.25 Å². The molecule has 1 aliphatic rings. The molecule has 0 radical (unpaired) electrons. The molecule has 1 rings (SSSR count). The Morgan fingerprint density at radius 2 is 2.38 bits per heavy atom. The van der Waals surface area contributed by atoms with Crippen LogP contribution in [0.4, 0.5) is 0 Å². The first-order valence-corrected chi connectivity index (χ1v) is 4.73. The minimum absolute atomic E-state index is 0.272. The predicted octanol–water partition coefficient (Wildman–Crippen LogP) is 1.36. The average molecular weight is 145 g/mol. The van der Waals surface area contributed by atoms with E-state index in [0.29, 0.717) is 0 Å². The molecule has 0 saturated carbocycles. The smallest absolute Gasteiger partial charge is 0.101 e. The Bertz CT molecular complexity index is 101. The third kappa shape index (κ3) is 1.61. The molecule has 0 bridgehead atoms. The van der Waals surface area contributed by atoms with E-state index in [0.717, 1.165) is 11.5 Å². The summed E-state index contributed by atoms with van der Waals surface area (Å²) < 4.78 is 0. The molecule has 0 unspecified atom stereocenters. The molecule has 1 heterocycles. The summed E-state index contributed by atoms with van der Waals surface area (Å²) in [7, 11) is 0. The van der Waals surface area contributed by atoms with E-state index in [-0.39, 0.29) is 5.25 Å². The number of hydrogen-bond donors (Lipinski definition) is 0. The number of rotatable bonds is 0. The number of hydrogen-bond acceptors (Lipinski definition) is 3. The van der Waals surface area contributed by atoms with E-state index in [1.165, 1.54) is 5.75 Å². The van der Waals surface area contributed by atoms with Crippen molar-refractivity contribution in [1.82, 2.24) is 0 Å². The van der Waals surface area contributed by atoms with Gasteiger partial charge in [-0.3, -0.25) is 0 Å². The molecule has 44 valence electrons. The molecule has 1 fully saturated rings. The fourth-order valence-electron chi connectivity index (χ4n) is 0.562. The Labute approximate surface area is 57.8 Å². The van der Waals surface area contributed by atoms with Gasteiger partial charge in [-0.05, 0) is 0 Å². The van der Waals surface area contributed by atoms with Crippen LogP contribution in [0.15, 0.2) is 0 Å². The highest BCUT2D eigenvalue weighted by Gasteiger charge is 2.11. The second-order valence-corrected chi connectivity index (χ2v) is 4.02. The summed E-state index contributed by atoms with van der Waals surface area (Å²) in [5, 5.41) is 8.68. The van der Waals surface area contributed by atoms with Crippen molar-refractivity contribution in [3.8, 4) is 6.07 Å². The van der Waals surface area contributed by atoms with Gasteiger partial charge in [-0.15, -0.1) is 11.8 Å². The molecule has 1 aliphatic heterocycles. The minimum atomic E-state index is 0.272. The molecule has 1 atom stereocenters. The minimum Gasteiger partial charge on any atom is -0.197 e. The standard InChI is InChI=1S/C5H7NS2/c6-3-5-4-7-1-2-8-5/h5H,1-2,4H2/t5-/m1/s1. The number of nitriles is 1. The summed E-state index contributed by atoms with van der Waals surface area (Å²) in [5.74, 6) is 3.41. The lowest BCUT2D eigenvalue weighted by atomic mass is 10.5. The van der Waals surface area contributed by atoms with Crippen LogP contribution in [0.3, 0.4) is 0 Å². The lowest BCUT2D eigenvalue weighted by molar-refractivity contribution is 1.23. The SMILES string of the molecule is N#C[C@@H]1CSCCS1. The largest absolute Gasteiger partial charge is 0.197 e. The molecule has 0 N–H and O–H groups in total. The molecule has 8 heavy (non-hydrogen) atoms. The number of thioether (sulfide) groups is 2. The van der Waals surface area contributed by atoms with E-state index in [9.17, 15) is 0 Å². The molecular weight excluding hydrogens is 138 g/mol. The van der Waals surface area contributed by atoms with Crippen LogP contribution in [0.25, 0.3) is 0 Å². The molecule has 1 nitrogen and oxygen atoms in total. The average Bonchev–Trinajstić information content (AvgIpc) is 1.90. The van der Waals surface area contributed by atoms with Crippen molar-refractivity contribution >= 4 is 23.5 Å².